The van der Waals surface area contributed by atoms with Crippen molar-refractivity contribution in [2.24, 2.45) is 11.5 Å². The lowest BCUT2D eigenvalue weighted by atomic mass is 10.1. The second-order valence-electron chi connectivity index (χ2n) is 4.05. The quantitative estimate of drug-likeness (QED) is 0.724. The zero-order chi connectivity index (χ0) is 14.7. The highest BCUT2D eigenvalue weighted by atomic mass is 16.5. The van der Waals surface area contributed by atoms with Gasteiger partial charge in [0.2, 0.25) is 0 Å². The molecule has 0 aliphatic carbocycles. The number of ether oxygens (including phenoxy) is 1. The maximum atomic E-state index is 11.4. The summed E-state index contributed by atoms with van der Waals surface area (Å²) in [5.41, 5.74) is 16.9. The Balaban J connectivity index is 2.51. The third-order valence-electron chi connectivity index (χ3n) is 2.68. The van der Waals surface area contributed by atoms with Crippen molar-refractivity contribution in [1.82, 2.24) is 0 Å². The van der Waals surface area contributed by atoms with E-state index in [1.807, 2.05) is 0 Å². The number of rotatable bonds is 4. The van der Waals surface area contributed by atoms with Gasteiger partial charge in [0, 0.05) is 0 Å². The van der Waals surface area contributed by atoms with Crippen molar-refractivity contribution < 1.29 is 14.3 Å². The molecule has 0 aliphatic rings. The van der Waals surface area contributed by atoms with Gasteiger partial charge in [0.25, 0.3) is 11.8 Å². The number of hydrogen-bond acceptors (Lipinski definition) is 4. The van der Waals surface area contributed by atoms with Gasteiger partial charge in [0.1, 0.15) is 5.75 Å². The van der Waals surface area contributed by atoms with Gasteiger partial charge in [-0.2, -0.15) is 0 Å². The Morgan fingerprint density at radius 2 is 1.45 bits per heavy atom. The van der Waals surface area contributed by atoms with Crippen molar-refractivity contribution in [1.29, 1.82) is 0 Å². The Bertz CT molecular complexity index is 683. The molecule has 102 valence electrons. The molecule has 6 heteroatoms. The Hall–Kier alpha value is -3.02. The summed E-state index contributed by atoms with van der Waals surface area (Å²) >= 11 is 0. The molecule has 0 spiro atoms. The Morgan fingerprint density at radius 3 is 2.10 bits per heavy atom. The maximum Gasteiger partial charge on any atom is 0.252 e. The van der Waals surface area contributed by atoms with Crippen LogP contribution >= 0.6 is 0 Å². The van der Waals surface area contributed by atoms with Crippen LogP contribution in [-0.4, -0.2) is 11.8 Å². The van der Waals surface area contributed by atoms with Crippen LogP contribution < -0.4 is 21.9 Å². The number of amides is 2. The summed E-state index contributed by atoms with van der Waals surface area (Å²) in [4.78, 5) is 22.7. The predicted octanol–water partition coefficient (Wildman–Crippen LogP) is 1.26. The first kappa shape index (κ1) is 13.4. The molecule has 0 heterocycles. The number of nitrogens with two attached hydrogens (primary N) is 3. The highest BCUT2D eigenvalue weighted by molar-refractivity contribution is 5.98. The zero-order valence-corrected chi connectivity index (χ0v) is 10.5. The minimum Gasteiger partial charge on any atom is -0.454 e. The van der Waals surface area contributed by atoms with E-state index in [1.165, 1.54) is 12.1 Å². The molecule has 2 rings (SSSR count). The van der Waals surface area contributed by atoms with Crippen molar-refractivity contribution >= 4 is 17.5 Å². The number of para-hydroxylation sites is 2. The molecule has 0 saturated carbocycles. The van der Waals surface area contributed by atoms with E-state index in [4.69, 9.17) is 21.9 Å². The molecule has 0 atom stereocenters. The number of carbonyl (C=O) groups excluding carboxylic acids is 2. The van der Waals surface area contributed by atoms with Crippen LogP contribution in [0.2, 0.25) is 0 Å². The van der Waals surface area contributed by atoms with E-state index >= 15 is 0 Å². The van der Waals surface area contributed by atoms with Crippen molar-refractivity contribution in [3.8, 4) is 11.5 Å². The van der Waals surface area contributed by atoms with Gasteiger partial charge >= 0.3 is 0 Å². The lowest BCUT2D eigenvalue weighted by Crippen LogP contribution is -2.15. The molecule has 2 amide bonds. The van der Waals surface area contributed by atoms with E-state index in [0.29, 0.717) is 0 Å². The number of benzene rings is 2. The molecule has 0 saturated heterocycles. The highest BCUT2D eigenvalue weighted by Crippen LogP contribution is 2.32. The molecule has 0 unspecified atom stereocenters. The van der Waals surface area contributed by atoms with Crippen LogP contribution in [0, 0.1) is 0 Å². The number of hydrogen-bond donors (Lipinski definition) is 3. The SMILES string of the molecule is NC(=O)c1ccccc1Oc1c(N)cccc1C(N)=O. The molecule has 0 fully saturated rings. The molecule has 2 aromatic rings. The van der Waals surface area contributed by atoms with Crippen LogP contribution in [0.1, 0.15) is 20.7 Å². The third-order valence-corrected chi connectivity index (χ3v) is 2.68. The van der Waals surface area contributed by atoms with E-state index in [0.717, 1.165) is 0 Å². The second-order valence-corrected chi connectivity index (χ2v) is 4.05. The summed E-state index contributed by atoms with van der Waals surface area (Å²) in [6.45, 7) is 0. The van der Waals surface area contributed by atoms with Crippen LogP contribution in [0.25, 0.3) is 0 Å². The summed E-state index contributed by atoms with van der Waals surface area (Å²) in [7, 11) is 0. The number of anilines is 1. The first-order valence-electron chi connectivity index (χ1n) is 5.75. The van der Waals surface area contributed by atoms with Crippen LogP contribution in [0.3, 0.4) is 0 Å². The molecule has 0 aliphatic heterocycles. The van der Waals surface area contributed by atoms with E-state index in [2.05, 4.69) is 0 Å². The van der Waals surface area contributed by atoms with Crippen molar-refractivity contribution in [2.45, 2.75) is 0 Å². The topological polar surface area (TPSA) is 121 Å². The largest absolute Gasteiger partial charge is 0.454 e. The van der Waals surface area contributed by atoms with E-state index in [1.54, 1.807) is 30.3 Å². The summed E-state index contributed by atoms with van der Waals surface area (Å²) < 4.78 is 5.57. The second kappa shape index (κ2) is 5.31. The Kier molecular flexibility index (Phi) is 3.56. The lowest BCUT2D eigenvalue weighted by molar-refractivity contribution is 0.0993. The molecule has 6 N–H and O–H groups in total. The van der Waals surface area contributed by atoms with Gasteiger partial charge in [0.15, 0.2) is 5.75 Å². The lowest BCUT2D eigenvalue weighted by Gasteiger charge is -2.13. The van der Waals surface area contributed by atoms with Crippen molar-refractivity contribution in [2.75, 3.05) is 5.73 Å². The van der Waals surface area contributed by atoms with Gasteiger partial charge < -0.3 is 21.9 Å². The standard InChI is InChI=1S/C14H13N3O3/c15-10-6-3-5-9(14(17)19)12(10)20-11-7-2-1-4-8(11)13(16)18/h1-7H,15H2,(H2,16,18)(H2,17,19). The summed E-state index contributed by atoms with van der Waals surface area (Å²) in [5.74, 6) is -1.01. The normalized spacial score (nSPS) is 10.0. The summed E-state index contributed by atoms with van der Waals surface area (Å²) in [5, 5.41) is 0. The Morgan fingerprint density at radius 1 is 0.850 bits per heavy atom. The minimum absolute atomic E-state index is 0.105. The van der Waals surface area contributed by atoms with Gasteiger partial charge in [-0.25, -0.2) is 0 Å². The van der Waals surface area contributed by atoms with Crippen LogP contribution in [-0.2, 0) is 0 Å². The van der Waals surface area contributed by atoms with Gasteiger partial charge in [-0.05, 0) is 24.3 Å². The first-order valence-corrected chi connectivity index (χ1v) is 5.75. The Labute approximate surface area is 115 Å². The molecular weight excluding hydrogens is 258 g/mol. The molecule has 0 aromatic heterocycles. The van der Waals surface area contributed by atoms with E-state index in [9.17, 15) is 9.59 Å². The monoisotopic (exact) mass is 271 g/mol. The average Bonchev–Trinajstić information content (AvgIpc) is 2.41. The number of primary amides is 2. The van der Waals surface area contributed by atoms with Crippen molar-refractivity contribution in [3.05, 3.63) is 53.6 Å². The predicted molar refractivity (Wildman–Crippen MR) is 74.4 cm³/mol. The molecule has 20 heavy (non-hydrogen) atoms. The molecule has 6 nitrogen and oxygen atoms in total. The van der Waals surface area contributed by atoms with Crippen LogP contribution in [0.15, 0.2) is 42.5 Å². The third kappa shape index (κ3) is 2.54. The van der Waals surface area contributed by atoms with Crippen molar-refractivity contribution in [3.63, 3.8) is 0 Å². The van der Waals surface area contributed by atoms with E-state index in [-0.39, 0.29) is 28.3 Å². The van der Waals surface area contributed by atoms with Crippen LogP contribution in [0.5, 0.6) is 11.5 Å². The fourth-order valence-corrected chi connectivity index (χ4v) is 1.73. The van der Waals surface area contributed by atoms with Gasteiger partial charge in [-0.15, -0.1) is 0 Å². The molecule has 0 bridgehead atoms. The zero-order valence-electron chi connectivity index (χ0n) is 10.5. The molecule has 0 radical (unpaired) electrons. The van der Waals surface area contributed by atoms with Gasteiger partial charge in [-0.3, -0.25) is 9.59 Å². The van der Waals surface area contributed by atoms with Gasteiger partial charge in [-0.1, -0.05) is 18.2 Å². The average molecular weight is 271 g/mol. The number of nitrogen functional groups attached to an aromatic ring is 1. The maximum absolute atomic E-state index is 11.4. The van der Waals surface area contributed by atoms with E-state index < -0.39 is 11.8 Å². The summed E-state index contributed by atoms with van der Waals surface area (Å²) in [6.07, 6.45) is 0. The smallest absolute Gasteiger partial charge is 0.252 e. The minimum atomic E-state index is -0.677. The number of carbonyl (C=O) groups is 2. The molecule has 2 aromatic carbocycles. The molecular formula is C14H13N3O3. The summed E-state index contributed by atoms with van der Waals surface area (Å²) in [6, 6.07) is 11.0. The van der Waals surface area contributed by atoms with Gasteiger partial charge in [0.05, 0.1) is 16.8 Å². The fourth-order valence-electron chi connectivity index (χ4n) is 1.73. The fraction of sp³-hybridized carbons (Fsp3) is 0. The highest BCUT2D eigenvalue weighted by Gasteiger charge is 2.16. The van der Waals surface area contributed by atoms with Crippen LogP contribution in [0.4, 0.5) is 5.69 Å². The first-order chi connectivity index (χ1) is 9.50.